The van der Waals surface area contributed by atoms with Crippen molar-refractivity contribution in [3.05, 3.63) is 0 Å². The predicted octanol–water partition coefficient (Wildman–Crippen LogP) is 3.44. The number of primary amides is 1. The molecule has 2 amide bonds. The van der Waals surface area contributed by atoms with Gasteiger partial charge in [0.05, 0.1) is 0 Å². The van der Waals surface area contributed by atoms with Gasteiger partial charge >= 0.3 is 6.18 Å². The standard InChI is InChI=1S/C17H27F3N2O2/c18-17(19,20)11-8-12-4-6-13(7-5-12)14(23)22-16(15(21)24)9-2-1-3-10-16/h12-13H,1-11H2,(H2,21,24)(H,22,23). The Labute approximate surface area is 140 Å². The van der Waals surface area contributed by atoms with Crippen molar-refractivity contribution in [3.63, 3.8) is 0 Å². The quantitative estimate of drug-likeness (QED) is 0.799. The monoisotopic (exact) mass is 348 g/mol. The summed E-state index contributed by atoms with van der Waals surface area (Å²) < 4.78 is 36.9. The molecule has 0 aromatic rings. The number of nitrogens with one attached hydrogen (secondary N) is 1. The van der Waals surface area contributed by atoms with E-state index in [4.69, 9.17) is 5.73 Å². The molecule has 0 atom stereocenters. The Kier molecular flexibility index (Phi) is 6.15. The first-order valence-corrected chi connectivity index (χ1v) is 8.90. The van der Waals surface area contributed by atoms with Gasteiger partial charge in [0, 0.05) is 12.3 Å². The normalized spacial score (nSPS) is 27.5. The first-order chi connectivity index (χ1) is 11.2. The zero-order chi connectivity index (χ0) is 17.8. The minimum atomic E-state index is -4.11. The van der Waals surface area contributed by atoms with Gasteiger partial charge in [0.2, 0.25) is 11.8 Å². The van der Waals surface area contributed by atoms with Gasteiger partial charge in [-0.1, -0.05) is 19.3 Å². The maximum atomic E-state index is 12.5. The lowest BCUT2D eigenvalue weighted by Crippen LogP contribution is -2.59. The second-order valence-corrected chi connectivity index (χ2v) is 7.37. The van der Waals surface area contributed by atoms with Gasteiger partial charge in [-0.2, -0.15) is 13.2 Å². The molecule has 0 bridgehead atoms. The van der Waals surface area contributed by atoms with Gasteiger partial charge in [-0.15, -0.1) is 0 Å². The lowest BCUT2D eigenvalue weighted by molar-refractivity contribution is -0.139. The van der Waals surface area contributed by atoms with Gasteiger partial charge < -0.3 is 11.1 Å². The van der Waals surface area contributed by atoms with Crippen LogP contribution < -0.4 is 11.1 Å². The van der Waals surface area contributed by atoms with Crippen LogP contribution in [0.25, 0.3) is 0 Å². The minimum absolute atomic E-state index is 0.0375. The number of hydrogen-bond donors (Lipinski definition) is 2. The molecule has 0 saturated heterocycles. The van der Waals surface area contributed by atoms with Crippen molar-refractivity contribution >= 4 is 11.8 Å². The van der Waals surface area contributed by atoms with Crippen LogP contribution in [0.3, 0.4) is 0 Å². The van der Waals surface area contributed by atoms with E-state index in [1.165, 1.54) is 0 Å². The van der Waals surface area contributed by atoms with Crippen molar-refractivity contribution in [1.29, 1.82) is 0 Å². The van der Waals surface area contributed by atoms with Gasteiger partial charge in [-0.3, -0.25) is 9.59 Å². The van der Waals surface area contributed by atoms with E-state index in [0.29, 0.717) is 38.5 Å². The summed E-state index contributed by atoms with van der Waals surface area (Å²) in [5.41, 5.74) is 4.59. The second kappa shape index (κ2) is 7.74. The first kappa shape index (κ1) is 19.1. The molecular formula is C17H27F3N2O2. The highest BCUT2D eigenvalue weighted by Crippen LogP contribution is 2.35. The molecule has 0 aromatic carbocycles. The van der Waals surface area contributed by atoms with Gasteiger partial charge in [0.15, 0.2) is 0 Å². The van der Waals surface area contributed by atoms with Crippen molar-refractivity contribution in [2.24, 2.45) is 17.6 Å². The molecule has 138 valence electrons. The summed E-state index contributed by atoms with van der Waals surface area (Å²) in [7, 11) is 0. The average molecular weight is 348 g/mol. The number of rotatable bonds is 5. The molecule has 0 spiro atoms. The molecule has 2 rings (SSSR count). The van der Waals surface area contributed by atoms with Crippen LogP contribution in [0.5, 0.6) is 0 Å². The van der Waals surface area contributed by atoms with Crippen LogP contribution in [0.1, 0.15) is 70.6 Å². The maximum Gasteiger partial charge on any atom is 0.389 e. The number of halogens is 3. The van der Waals surface area contributed by atoms with Crippen LogP contribution in [0, 0.1) is 11.8 Å². The number of hydrogen-bond acceptors (Lipinski definition) is 2. The molecule has 4 nitrogen and oxygen atoms in total. The molecular weight excluding hydrogens is 321 g/mol. The molecule has 0 unspecified atom stereocenters. The third-order valence-corrected chi connectivity index (χ3v) is 5.59. The summed E-state index contributed by atoms with van der Waals surface area (Å²) in [5.74, 6) is -0.819. The number of amides is 2. The number of alkyl halides is 3. The smallest absolute Gasteiger partial charge is 0.368 e. The number of carbonyl (C=O) groups excluding carboxylic acids is 2. The SMILES string of the molecule is NC(=O)C1(NC(=O)C2CCC(CCC(F)(F)F)CC2)CCCCC1. The highest BCUT2D eigenvalue weighted by molar-refractivity contribution is 5.91. The summed E-state index contributed by atoms with van der Waals surface area (Å²) >= 11 is 0. The van der Waals surface area contributed by atoms with Gasteiger partial charge in [0.1, 0.15) is 5.54 Å². The highest BCUT2D eigenvalue weighted by Gasteiger charge is 2.41. The molecule has 0 aromatic heterocycles. The lowest BCUT2D eigenvalue weighted by atomic mass is 9.77. The molecule has 2 aliphatic rings. The molecule has 3 N–H and O–H groups in total. The van der Waals surface area contributed by atoms with E-state index >= 15 is 0 Å². The van der Waals surface area contributed by atoms with Crippen molar-refractivity contribution < 1.29 is 22.8 Å². The van der Waals surface area contributed by atoms with E-state index in [2.05, 4.69) is 5.32 Å². The van der Waals surface area contributed by atoms with Crippen LogP contribution >= 0.6 is 0 Å². The summed E-state index contributed by atoms with van der Waals surface area (Å²) in [4.78, 5) is 24.3. The first-order valence-electron chi connectivity index (χ1n) is 8.90. The third kappa shape index (κ3) is 5.11. The van der Waals surface area contributed by atoms with E-state index in [0.717, 1.165) is 19.3 Å². The summed E-state index contributed by atoms with van der Waals surface area (Å²) in [6, 6.07) is 0. The molecule has 2 aliphatic carbocycles. The number of nitrogens with two attached hydrogens (primary N) is 1. The molecule has 7 heteroatoms. The molecule has 0 heterocycles. The van der Waals surface area contributed by atoms with E-state index in [9.17, 15) is 22.8 Å². The van der Waals surface area contributed by atoms with Crippen LogP contribution in [0.15, 0.2) is 0 Å². The fourth-order valence-electron chi connectivity index (χ4n) is 4.01. The second-order valence-electron chi connectivity index (χ2n) is 7.37. The van der Waals surface area contributed by atoms with Crippen LogP contribution in [-0.4, -0.2) is 23.5 Å². The van der Waals surface area contributed by atoms with Crippen molar-refractivity contribution in [3.8, 4) is 0 Å². The van der Waals surface area contributed by atoms with Gasteiger partial charge in [0.25, 0.3) is 0 Å². The van der Waals surface area contributed by atoms with E-state index in [1.807, 2.05) is 0 Å². The zero-order valence-electron chi connectivity index (χ0n) is 14.0. The van der Waals surface area contributed by atoms with Gasteiger partial charge in [-0.25, -0.2) is 0 Å². The van der Waals surface area contributed by atoms with E-state index in [1.54, 1.807) is 0 Å². The van der Waals surface area contributed by atoms with Crippen molar-refractivity contribution in [2.75, 3.05) is 0 Å². The molecule has 2 saturated carbocycles. The van der Waals surface area contributed by atoms with Crippen LogP contribution in [0.4, 0.5) is 13.2 Å². The summed E-state index contributed by atoms with van der Waals surface area (Å²) in [5, 5.41) is 2.88. The largest absolute Gasteiger partial charge is 0.389 e. The topological polar surface area (TPSA) is 72.2 Å². The fourth-order valence-corrected chi connectivity index (χ4v) is 4.01. The Bertz CT molecular complexity index is 451. The van der Waals surface area contributed by atoms with E-state index < -0.39 is 24.0 Å². The summed E-state index contributed by atoms with van der Waals surface area (Å²) in [6.07, 6.45) is 1.66. The number of carbonyl (C=O) groups is 2. The Morgan fingerprint density at radius 3 is 2.12 bits per heavy atom. The molecule has 2 fully saturated rings. The summed E-state index contributed by atoms with van der Waals surface area (Å²) in [6.45, 7) is 0. The maximum absolute atomic E-state index is 12.5. The highest BCUT2D eigenvalue weighted by atomic mass is 19.4. The fraction of sp³-hybridized carbons (Fsp3) is 0.882. The van der Waals surface area contributed by atoms with Crippen molar-refractivity contribution in [1.82, 2.24) is 5.32 Å². The molecule has 24 heavy (non-hydrogen) atoms. The Hall–Kier alpha value is -1.27. The Balaban J connectivity index is 1.83. The van der Waals surface area contributed by atoms with Crippen LogP contribution in [0.2, 0.25) is 0 Å². The predicted molar refractivity (Wildman–Crippen MR) is 83.9 cm³/mol. The average Bonchev–Trinajstić information content (AvgIpc) is 2.53. The molecule has 0 aliphatic heterocycles. The van der Waals surface area contributed by atoms with E-state index in [-0.39, 0.29) is 24.2 Å². The Morgan fingerprint density at radius 2 is 1.62 bits per heavy atom. The van der Waals surface area contributed by atoms with Crippen LogP contribution in [-0.2, 0) is 9.59 Å². The Morgan fingerprint density at radius 1 is 1.04 bits per heavy atom. The third-order valence-electron chi connectivity index (χ3n) is 5.59. The van der Waals surface area contributed by atoms with Gasteiger partial charge in [-0.05, 0) is 50.9 Å². The van der Waals surface area contributed by atoms with Crippen molar-refractivity contribution in [2.45, 2.75) is 82.3 Å². The lowest BCUT2D eigenvalue weighted by Gasteiger charge is -2.37. The zero-order valence-corrected chi connectivity index (χ0v) is 14.0. The molecule has 0 radical (unpaired) electrons. The minimum Gasteiger partial charge on any atom is -0.368 e.